The van der Waals surface area contributed by atoms with Gasteiger partial charge >= 0.3 is 5.97 Å². The zero-order chi connectivity index (χ0) is 21.4. The first-order valence-corrected chi connectivity index (χ1v) is 8.90. The van der Waals surface area contributed by atoms with E-state index in [9.17, 15) is 14.4 Å². The van der Waals surface area contributed by atoms with E-state index in [4.69, 9.17) is 14.2 Å². The molecule has 0 aliphatic carbocycles. The van der Waals surface area contributed by atoms with Crippen LogP contribution in [0.5, 0.6) is 11.5 Å². The number of hydrogen-bond donors (Lipinski definition) is 2. The predicted molar refractivity (Wildman–Crippen MR) is 107 cm³/mol. The van der Waals surface area contributed by atoms with E-state index in [0.29, 0.717) is 17.2 Å². The fourth-order valence-corrected chi connectivity index (χ4v) is 2.37. The third kappa shape index (κ3) is 6.53. The molecule has 2 aromatic rings. The summed E-state index contributed by atoms with van der Waals surface area (Å²) in [6, 6.07) is 11.9. The highest BCUT2D eigenvalue weighted by atomic mass is 16.5. The van der Waals surface area contributed by atoms with E-state index in [1.165, 1.54) is 33.3 Å². The third-order valence-electron chi connectivity index (χ3n) is 4.00. The molecule has 0 heterocycles. The molecule has 154 valence electrons. The van der Waals surface area contributed by atoms with Crippen LogP contribution in [0.1, 0.15) is 22.8 Å². The van der Waals surface area contributed by atoms with Crippen LogP contribution in [0.4, 0.5) is 5.69 Å². The summed E-state index contributed by atoms with van der Waals surface area (Å²) >= 11 is 0. The predicted octanol–water partition coefficient (Wildman–Crippen LogP) is 2.31. The van der Waals surface area contributed by atoms with Crippen molar-refractivity contribution >= 4 is 23.5 Å². The van der Waals surface area contributed by atoms with E-state index in [1.54, 1.807) is 18.2 Å². The van der Waals surface area contributed by atoms with Crippen molar-refractivity contribution in [2.45, 2.75) is 20.0 Å². The molecule has 8 nitrogen and oxygen atoms in total. The molecule has 0 radical (unpaired) electrons. The van der Waals surface area contributed by atoms with Crippen molar-refractivity contribution in [3.63, 3.8) is 0 Å². The van der Waals surface area contributed by atoms with E-state index in [-0.39, 0.29) is 12.1 Å². The topological polar surface area (TPSA) is 103 Å². The number of anilines is 1. The van der Waals surface area contributed by atoms with Gasteiger partial charge in [0.25, 0.3) is 11.8 Å². The van der Waals surface area contributed by atoms with Gasteiger partial charge in [-0.05, 0) is 38.1 Å². The van der Waals surface area contributed by atoms with Crippen LogP contribution in [-0.4, -0.2) is 44.7 Å². The Morgan fingerprint density at radius 3 is 2.10 bits per heavy atom. The maximum absolute atomic E-state index is 12.3. The van der Waals surface area contributed by atoms with Gasteiger partial charge in [-0.3, -0.25) is 14.4 Å². The second-order valence-electron chi connectivity index (χ2n) is 6.27. The first kappa shape index (κ1) is 21.7. The highest BCUT2D eigenvalue weighted by Crippen LogP contribution is 2.22. The number of aryl methyl sites for hydroxylation is 1. The van der Waals surface area contributed by atoms with Crippen LogP contribution in [-0.2, 0) is 14.3 Å². The van der Waals surface area contributed by atoms with Crippen molar-refractivity contribution in [1.82, 2.24) is 5.32 Å². The summed E-state index contributed by atoms with van der Waals surface area (Å²) in [5.41, 5.74) is 1.93. The molecule has 2 aromatic carbocycles. The smallest absolute Gasteiger partial charge is 0.326 e. The Hall–Kier alpha value is -3.55. The first-order chi connectivity index (χ1) is 13.8. The van der Waals surface area contributed by atoms with Crippen LogP contribution in [0.3, 0.4) is 0 Å². The van der Waals surface area contributed by atoms with E-state index >= 15 is 0 Å². The molecule has 2 N–H and O–H groups in total. The lowest BCUT2D eigenvalue weighted by atomic mass is 10.2. The molecule has 8 heteroatoms. The summed E-state index contributed by atoms with van der Waals surface area (Å²) in [6.07, 6.45) is -1.02. The minimum atomic E-state index is -1.02. The van der Waals surface area contributed by atoms with Gasteiger partial charge in [0.15, 0.2) is 6.10 Å². The Bertz CT molecular complexity index is 857. The maximum atomic E-state index is 12.3. The zero-order valence-corrected chi connectivity index (χ0v) is 16.8. The number of hydrogen-bond acceptors (Lipinski definition) is 6. The van der Waals surface area contributed by atoms with Crippen molar-refractivity contribution in [1.29, 1.82) is 0 Å². The van der Waals surface area contributed by atoms with Gasteiger partial charge in [0.1, 0.15) is 18.0 Å². The second-order valence-corrected chi connectivity index (χ2v) is 6.27. The summed E-state index contributed by atoms with van der Waals surface area (Å²) in [4.78, 5) is 36.4. The van der Waals surface area contributed by atoms with Gasteiger partial charge in [0.05, 0.1) is 14.2 Å². The van der Waals surface area contributed by atoms with Crippen molar-refractivity contribution in [3.8, 4) is 11.5 Å². The summed E-state index contributed by atoms with van der Waals surface area (Å²) in [6.45, 7) is 3.00. The van der Waals surface area contributed by atoms with Gasteiger partial charge in [-0.25, -0.2) is 0 Å². The Balaban J connectivity index is 1.86. The number of nitrogens with one attached hydrogen (secondary N) is 2. The van der Waals surface area contributed by atoms with Gasteiger partial charge < -0.3 is 24.8 Å². The van der Waals surface area contributed by atoms with Crippen LogP contribution in [0.2, 0.25) is 0 Å². The highest BCUT2D eigenvalue weighted by molar-refractivity contribution is 5.97. The van der Waals surface area contributed by atoms with Gasteiger partial charge in [-0.1, -0.05) is 17.7 Å². The monoisotopic (exact) mass is 400 g/mol. The molecule has 0 aromatic heterocycles. The number of benzene rings is 2. The summed E-state index contributed by atoms with van der Waals surface area (Å²) in [5, 5.41) is 5.10. The molecular formula is C21H24N2O6. The zero-order valence-electron chi connectivity index (χ0n) is 16.8. The number of ether oxygens (including phenoxy) is 3. The number of amides is 2. The van der Waals surface area contributed by atoms with Crippen molar-refractivity contribution in [3.05, 3.63) is 53.6 Å². The average molecular weight is 400 g/mol. The lowest BCUT2D eigenvalue weighted by molar-refractivity contribution is -0.152. The molecule has 0 aliphatic heterocycles. The van der Waals surface area contributed by atoms with Crippen LogP contribution in [0, 0.1) is 6.92 Å². The molecule has 0 saturated carbocycles. The normalized spacial score (nSPS) is 11.2. The van der Waals surface area contributed by atoms with Crippen molar-refractivity contribution < 1.29 is 28.6 Å². The van der Waals surface area contributed by atoms with E-state index < -0.39 is 23.9 Å². The van der Waals surface area contributed by atoms with Crippen LogP contribution < -0.4 is 20.1 Å². The van der Waals surface area contributed by atoms with E-state index in [1.807, 2.05) is 19.1 Å². The lowest BCUT2D eigenvalue weighted by Crippen LogP contribution is -2.35. The largest absolute Gasteiger partial charge is 0.497 e. The molecule has 29 heavy (non-hydrogen) atoms. The quantitative estimate of drug-likeness (QED) is 0.659. The lowest BCUT2D eigenvalue weighted by Gasteiger charge is -2.14. The molecule has 0 fully saturated rings. The van der Waals surface area contributed by atoms with Gasteiger partial charge in [0, 0.05) is 17.3 Å². The second kappa shape index (κ2) is 10.1. The Kier molecular flexibility index (Phi) is 7.59. The average Bonchev–Trinajstić information content (AvgIpc) is 2.72. The Morgan fingerprint density at radius 1 is 0.966 bits per heavy atom. The first-order valence-electron chi connectivity index (χ1n) is 8.90. The summed E-state index contributed by atoms with van der Waals surface area (Å²) in [5.74, 6) is -0.821. The minimum Gasteiger partial charge on any atom is -0.497 e. The Morgan fingerprint density at radius 2 is 1.55 bits per heavy atom. The number of methoxy groups -OCH3 is 2. The van der Waals surface area contributed by atoms with Crippen molar-refractivity contribution in [2.24, 2.45) is 0 Å². The molecule has 1 atom stereocenters. The van der Waals surface area contributed by atoms with E-state index in [2.05, 4.69) is 10.6 Å². The molecule has 0 unspecified atom stereocenters. The number of carbonyl (C=O) groups is 3. The molecule has 0 aliphatic rings. The van der Waals surface area contributed by atoms with Gasteiger partial charge in [-0.15, -0.1) is 0 Å². The van der Waals surface area contributed by atoms with Gasteiger partial charge in [0.2, 0.25) is 0 Å². The number of rotatable bonds is 8. The Labute approximate surface area is 169 Å². The molecule has 2 amide bonds. The summed E-state index contributed by atoms with van der Waals surface area (Å²) in [7, 11) is 2.94. The molecule has 0 spiro atoms. The standard InChI is InChI=1S/C21H24N2O6/c1-13-5-7-16(8-6-13)23-20(25)14(2)29-19(24)12-22-21(26)15-9-17(27-3)11-18(10-15)28-4/h5-11,14H,12H2,1-4H3,(H,22,26)(H,23,25)/t14-/m1/s1. The van der Waals surface area contributed by atoms with Crippen LogP contribution in [0.15, 0.2) is 42.5 Å². The minimum absolute atomic E-state index is 0.263. The number of esters is 1. The molecular weight excluding hydrogens is 376 g/mol. The van der Waals surface area contributed by atoms with Crippen LogP contribution >= 0.6 is 0 Å². The highest BCUT2D eigenvalue weighted by Gasteiger charge is 2.19. The van der Waals surface area contributed by atoms with Crippen LogP contribution in [0.25, 0.3) is 0 Å². The molecule has 2 rings (SSSR count). The summed E-state index contributed by atoms with van der Waals surface area (Å²) < 4.78 is 15.3. The maximum Gasteiger partial charge on any atom is 0.326 e. The van der Waals surface area contributed by atoms with Gasteiger partial charge in [-0.2, -0.15) is 0 Å². The molecule has 0 saturated heterocycles. The fourth-order valence-electron chi connectivity index (χ4n) is 2.37. The SMILES string of the molecule is COc1cc(OC)cc(C(=O)NCC(=O)O[C@H](C)C(=O)Nc2ccc(C)cc2)c1. The number of carbonyl (C=O) groups excluding carboxylic acids is 3. The fraction of sp³-hybridized carbons (Fsp3) is 0.286. The molecule has 0 bridgehead atoms. The van der Waals surface area contributed by atoms with E-state index in [0.717, 1.165) is 5.56 Å². The van der Waals surface area contributed by atoms with Crippen molar-refractivity contribution in [2.75, 3.05) is 26.1 Å². The third-order valence-corrected chi connectivity index (χ3v) is 4.00.